The molecule has 2 aliphatic rings. The molecule has 0 spiro atoms. The molecule has 0 bridgehead atoms. The Bertz CT molecular complexity index is 1310. The number of amides is 3. The molecule has 2 aromatic heterocycles. The third-order valence-electron chi connectivity index (χ3n) is 6.86. The maximum absolute atomic E-state index is 13.1. The van der Waals surface area contributed by atoms with E-state index in [0.717, 1.165) is 57.4 Å². The van der Waals surface area contributed by atoms with Gasteiger partial charge in [0, 0.05) is 54.2 Å². The topological polar surface area (TPSA) is 90.6 Å². The molecular weight excluding hydrogens is 442 g/mol. The number of nitrogens with zero attached hydrogens (tertiary/aromatic N) is 3. The van der Waals surface area contributed by atoms with E-state index in [0.29, 0.717) is 19.6 Å². The van der Waals surface area contributed by atoms with Crippen molar-refractivity contribution in [2.45, 2.75) is 65.6 Å². The fourth-order valence-electron chi connectivity index (χ4n) is 5.08. The standard InChI is InChI=1S/C27H33N5O3/c1-6-31-15-21-20(23-8-7-9-32(23)26(34)35-27(3,4)5)10-17(12-22(21)30-25(31)33)18-11-19-16(2)13-28-24(19)29-14-18/h10-14,23H,6-9,15H2,1-5H3,(H,28,29)(H,30,33)/t23-/m0/s1. The first-order valence-corrected chi connectivity index (χ1v) is 12.3. The summed E-state index contributed by atoms with van der Waals surface area (Å²) in [5.74, 6) is 0. The van der Waals surface area contributed by atoms with Gasteiger partial charge in [0.1, 0.15) is 11.2 Å². The van der Waals surface area contributed by atoms with Crippen molar-refractivity contribution in [2.24, 2.45) is 0 Å². The highest BCUT2D eigenvalue weighted by Crippen LogP contribution is 2.42. The van der Waals surface area contributed by atoms with Crippen molar-refractivity contribution < 1.29 is 14.3 Å². The van der Waals surface area contributed by atoms with Crippen LogP contribution < -0.4 is 5.32 Å². The van der Waals surface area contributed by atoms with E-state index in [4.69, 9.17) is 4.74 Å². The predicted molar refractivity (Wildman–Crippen MR) is 136 cm³/mol. The summed E-state index contributed by atoms with van der Waals surface area (Å²) in [6.07, 6.45) is 5.27. The van der Waals surface area contributed by atoms with E-state index >= 15 is 0 Å². The highest BCUT2D eigenvalue weighted by Gasteiger charge is 2.36. The molecule has 8 heteroatoms. The van der Waals surface area contributed by atoms with Crippen molar-refractivity contribution in [1.82, 2.24) is 19.8 Å². The van der Waals surface area contributed by atoms with Crippen LogP contribution in [0.5, 0.6) is 0 Å². The van der Waals surface area contributed by atoms with Crippen LogP contribution in [-0.4, -0.2) is 50.6 Å². The van der Waals surface area contributed by atoms with Gasteiger partial charge in [-0.1, -0.05) is 0 Å². The summed E-state index contributed by atoms with van der Waals surface area (Å²) in [5, 5.41) is 4.16. The van der Waals surface area contributed by atoms with Gasteiger partial charge in [-0.15, -0.1) is 0 Å². The molecule has 2 N–H and O–H groups in total. The second-order valence-corrected chi connectivity index (χ2v) is 10.5. The van der Waals surface area contributed by atoms with E-state index < -0.39 is 5.60 Å². The number of carbonyl (C=O) groups is 2. The number of urea groups is 1. The van der Waals surface area contributed by atoms with Gasteiger partial charge in [0.05, 0.1) is 6.04 Å². The summed E-state index contributed by atoms with van der Waals surface area (Å²) in [6.45, 7) is 11.5. The number of ether oxygens (including phenoxy) is 1. The molecule has 4 heterocycles. The highest BCUT2D eigenvalue weighted by molar-refractivity contribution is 5.94. The molecule has 1 saturated heterocycles. The minimum Gasteiger partial charge on any atom is -0.444 e. The van der Waals surface area contributed by atoms with Crippen LogP contribution in [0, 0.1) is 6.92 Å². The number of carbonyl (C=O) groups excluding carboxylic acids is 2. The maximum Gasteiger partial charge on any atom is 0.410 e. The van der Waals surface area contributed by atoms with Gasteiger partial charge in [-0.2, -0.15) is 0 Å². The lowest BCUT2D eigenvalue weighted by molar-refractivity contribution is 0.0223. The smallest absolute Gasteiger partial charge is 0.410 e. The van der Waals surface area contributed by atoms with E-state index in [2.05, 4.69) is 34.3 Å². The van der Waals surface area contributed by atoms with Crippen LogP contribution in [-0.2, 0) is 11.3 Å². The Morgan fingerprint density at radius 2 is 2.03 bits per heavy atom. The van der Waals surface area contributed by atoms with Gasteiger partial charge in [-0.3, -0.25) is 0 Å². The third kappa shape index (κ3) is 4.33. The Morgan fingerprint density at radius 3 is 2.77 bits per heavy atom. The van der Waals surface area contributed by atoms with Crippen LogP contribution in [0.2, 0.25) is 0 Å². The van der Waals surface area contributed by atoms with Crippen molar-refractivity contribution in [3.8, 4) is 11.1 Å². The van der Waals surface area contributed by atoms with Gasteiger partial charge in [0.15, 0.2) is 0 Å². The zero-order valence-corrected chi connectivity index (χ0v) is 21.1. The molecule has 8 nitrogen and oxygen atoms in total. The van der Waals surface area contributed by atoms with Crippen LogP contribution in [0.3, 0.4) is 0 Å². The van der Waals surface area contributed by atoms with Gasteiger partial charge in [-0.25, -0.2) is 14.6 Å². The summed E-state index contributed by atoms with van der Waals surface area (Å²) < 4.78 is 5.74. The number of nitrogens with one attached hydrogen (secondary N) is 2. The third-order valence-corrected chi connectivity index (χ3v) is 6.86. The van der Waals surface area contributed by atoms with Crippen LogP contribution in [0.1, 0.15) is 63.3 Å². The number of benzene rings is 1. The number of aryl methyl sites for hydroxylation is 1. The fourth-order valence-corrected chi connectivity index (χ4v) is 5.08. The van der Waals surface area contributed by atoms with Gasteiger partial charge >= 0.3 is 12.1 Å². The number of H-pyrrole nitrogens is 1. The minimum atomic E-state index is -0.562. The van der Waals surface area contributed by atoms with Gasteiger partial charge in [0.2, 0.25) is 0 Å². The van der Waals surface area contributed by atoms with Gasteiger partial charge in [0.25, 0.3) is 0 Å². The summed E-state index contributed by atoms with van der Waals surface area (Å²) >= 11 is 0. The lowest BCUT2D eigenvalue weighted by atomic mass is 9.91. The van der Waals surface area contributed by atoms with E-state index in [1.807, 2.05) is 51.1 Å². The van der Waals surface area contributed by atoms with Crippen molar-refractivity contribution in [3.05, 3.63) is 47.3 Å². The zero-order valence-electron chi connectivity index (χ0n) is 21.1. The quantitative estimate of drug-likeness (QED) is 0.488. The normalized spacial score (nSPS) is 18.1. The van der Waals surface area contributed by atoms with Crippen molar-refractivity contribution in [2.75, 3.05) is 18.4 Å². The summed E-state index contributed by atoms with van der Waals surface area (Å²) in [6, 6.07) is 6.11. The summed E-state index contributed by atoms with van der Waals surface area (Å²) in [5.41, 5.74) is 6.28. The number of hydrogen-bond acceptors (Lipinski definition) is 4. The van der Waals surface area contributed by atoms with E-state index in [1.54, 1.807) is 4.90 Å². The Morgan fingerprint density at radius 1 is 1.23 bits per heavy atom. The summed E-state index contributed by atoms with van der Waals surface area (Å²) in [7, 11) is 0. The van der Waals surface area contributed by atoms with Crippen molar-refractivity contribution >= 4 is 28.8 Å². The van der Waals surface area contributed by atoms with E-state index in [9.17, 15) is 9.59 Å². The van der Waals surface area contributed by atoms with Crippen molar-refractivity contribution in [3.63, 3.8) is 0 Å². The lowest BCUT2D eigenvalue weighted by Crippen LogP contribution is -2.40. The van der Waals surface area contributed by atoms with Crippen LogP contribution in [0.25, 0.3) is 22.2 Å². The van der Waals surface area contributed by atoms with Crippen LogP contribution in [0.15, 0.2) is 30.6 Å². The number of aromatic nitrogens is 2. The molecule has 1 fully saturated rings. The van der Waals surface area contributed by atoms with E-state index in [1.165, 1.54) is 0 Å². The Labute approximate surface area is 205 Å². The van der Waals surface area contributed by atoms with Crippen molar-refractivity contribution in [1.29, 1.82) is 0 Å². The molecule has 0 radical (unpaired) electrons. The zero-order chi connectivity index (χ0) is 24.9. The Kier molecular flexibility index (Phi) is 5.69. The maximum atomic E-state index is 13.1. The molecule has 3 amide bonds. The molecular formula is C27H33N5O3. The molecule has 2 aliphatic heterocycles. The first kappa shape index (κ1) is 23.2. The molecule has 5 rings (SSSR count). The largest absolute Gasteiger partial charge is 0.444 e. The molecule has 0 aliphatic carbocycles. The molecule has 184 valence electrons. The van der Waals surface area contributed by atoms with Gasteiger partial charge in [-0.05, 0) is 82.3 Å². The molecule has 35 heavy (non-hydrogen) atoms. The van der Waals surface area contributed by atoms with Crippen LogP contribution >= 0.6 is 0 Å². The number of fused-ring (bicyclic) bond motifs is 2. The average molecular weight is 476 g/mol. The molecule has 1 aromatic carbocycles. The molecule has 0 unspecified atom stereocenters. The van der Waals surface area contributed by atoms with Crippen LogP contribution in [0.4, 0.5) is 15.3 Å². The average Bonchev–Trinajstić information content (AvgIpc) is 3.44. The number of hydrogen-bond donors (Lipinski definition) is 2. The molecule has 0 saturated carbocycles. The highest BCUT2D eigenvalue weighted by atomic mass is 16.6. The second-order valence-electron chi connectivity index (χ2n) is 10.5. The van der Waals surface area contributed by atoms with E-state index in [-0.39, 0.29) is 18.2 Å². The monoisotopic (exact) mass is 475 g/mol. The fraction of sp³-hybridized carbons (Fsp3) is 0.444. The van der Waals surface area contributed by atoms with Gasteiger partial charge < -0.3 is 24.8 Å². The summed E-state index contributed by atoms with van der Waals surface area (Å²) in [4.78, 5) is 37.2. The SMILES string of the molecule is CCN1Cc2c(cc(-c3cnc4[nH]cc(C)c4c3)cc2[C@@H]2CCCN2C(=O)OC(C)(C)C)NC1=O. The first-order chi connectivity index (χ1) is 16.6. The first-order valence-electron chi connectivity index (χ1n) is 12.3. The Hall–Kier alpha value is -3.55. The molecule has 1 atom stereocenters. The molecule has 3 aromatic rings. The Balaban J connectivity index is 1.62. The second kappa shape index (κ2) is 8.59. The number of pyridine rings is 1. The number of anilines is 1. The predicted octanol–water partition coefficient (Wildman–Crippen LogP) is 5.98. The lowest BCUT2D eigenvalue weighted by Gasteiger charge is -2.34. The number of aromatic amines is 1. The minimum absolute atomic E-state index is 0.103. The number of likely N-dealkylation sites (tertiary alicyclic amines) is 1. The number of rotatable bonds is 3.